The van der Waals surface area contributed by atoms with E-state index in [0.717, 1.165) is 16.7 Å². The fourth-order valence-electron chi connectivity index (χ4n) is 5.53. The van der Waals surface area contributed by atoms with Gasteiger partial charge in [-0.25, -0.2) is 23.2 Å². The van der Waals surface area contributed by atoms with Crippen molar-refractivity contribution in [3.63, 3.8) is 0 Å². The number of sulfonamides is 1. The molecule has 0 aliphatic heterocycles. The summed E-state index contributed by atoms with van der Waals surface area (Å²) in [4.78, 5) is 4.76. The van der Waals surface area contributed by atoms with E-state index < -0.39 is 15.6 Å². The predicted molar refractivity (Wildman–Crippen MR) is 165 cm³/mol. The smallest absolute Gasteiger partial charge is 0.238 e. The first-order chi connectivity index (χ1) is 20.9. The van der Waals surface area contributed by atoms with Crippen molar-refractivity contribution in [3.8, 4) is 23.2 Å². The lowest BCUT2D eigenvalue weighted by Gasteiger charge is -2.37. The Hall–Kier alpha value is -5.30. The second-order valence-electron chi connectivity index (χ2n) is 9.90. The van der Waals surface area contributed by atoms with E-state index in [1.165, 1.54) is 12.1 Å². The number of rotatable bonds is 8. The van der Waals surface area contributed by atoms with E-state index in [1.807, 2.05) is 103 Å². The maximum atomic E-state index is 12.3. The van der Waals surface area contributed by atoms with Gasteiger partial charge in [-0.2, -0.15) is 10.4 Å². The Labute approximate surface area is 249 Å². The fraction of sp³-hybridized carbons (Fsp3) is 0.0882. The molecule has 2 heterocycles. The lowest BCUT2D eigenvalue weighted by Crippen LogP contribution is -2.38. The van der Waals surface area contributed by atoms with Crippen LogP contribution in [0.4, 0.5) is 0 Å². The van der Waals surface area contributed by atoms with Gasteiger partial charge in [-0.1, -0.05) is 103 Å². The van der Waals surface area contributed by atoms with E-state index in [0.29, 0.717) is 28.9 Å². The van der Waals surface area contributed by atoms with E-state index in [2.05, 4.69) is 6.07 Å². The molecule has 0 radical (unpaired) electrons. The summed E-state index contributed by atoms with van der Waals surface area (Å²) in [6.45, 7) is 2.12. The summed E-state index contributed by atoms with van der Waals surface area (Å²) in [5.74, 6) is 0.172. The summed E-state index contributed by atoms with van der Waals surface area (Å²) in [5.41, 5.74) is 3.93. The number of nitriles is 1. The molecule has 0 bridgehead atoms. The van der Waals surface area contributed by atoms with Crippen LogP contribution >= 0.6 is 0 Å². The highest BCUT2D eigenvalue weighted by Crippen LogP contribution is 2.44. The molecular weight excluding hydrogens is 558 g/mol. The third-order valence-electron chi connectivity index (χ3n) is 7.35. The number of benzene rings is 4. The van der Waals surface area contributed by atoms with E-state index in [-0.39, 0.29) is 16.3 Å². The number of nitrogens with zero attached hydrogens (tertiary/aromatic N) is 4. The molecule has 43 heavy (non-hydrogen) atoms. The van der Waals surface area contributed by atoms with Gasteiger partial charge in [0.1, 0.15) is 28.4 Å². The van der Waals surface area contributed by atoms with Crippen molar-refractivity contribution in [3.05, 3.63) is 144 Å². The summed E-state index contributed by atoms with van der Waals surface area (Å²) in [6, 6.07) is 40.2. The van der Waals surface area contributed by atoms with Crippen LogP contribution in [0.5, 0.6) is 5.88 Å². The van der Waals surface area contributed by atoms with Crippen LogP contribution in [-0.2, 0) is 15.6 Å². The molecule has 9 heteroatoms. The first-order valence-electron chi connectivity index (χ1n) is 13.6. The minimum atomic E-state index is -3.99. The summed E-state index contributed by atoms with van der Waals surface area (Å²) < 4.78 is 32.3. The number of hydrogen-bond acceptors (Lipinski definition) is 6. The van der Waals surface area contributed by atoms with Crippen molar-refractivity contribution in [1.29, 1.82) is 5.26 Å². The van der Waals surface area contributed by atoms with Gasteiger partial charge in [0.05, 0.1) is 17.0 Å². The molecule has 0 saturated heterocycles. The Morgan fingerprint density at radius 2 is 1.40 bits per heavy atom. The molecule has 2 N–H and O–H groups in total. The van der Waals surface area contributed by atoms with Gasteiger partial charge in [-0.3, -0.25) is 0 Å². The number of primary sulfonamides is 1. The average Bonchev–Trinajstić information content (AvgIpc) is 3.41. The molecule has 6 aromatic rings. The lowest BCUT2D eigenvalue weighted by molar-refractivity contribution is 0.327. The fourth-order valence-corrected chi connectivity index (χ4v) is 6.08. The van der Waals surface area contributed by atoms with Gasteiger partial charge in [0.25, 0.3) is 0 Å². The van der Waals surface area contributed by atoms with Gasteiger partial charge in [0, 0.05) is 5.56 Å². The topological polar surface area (TPSA) is 124 Å². The SMILES string of the molecule is CCOc1nc2c(-c3cccc(S(N)(=O)=O)c3)nn(C(c3ccccc3)(c3ccccc3)c3ccccc3)c2cc1C#N. The maximum Gasteiger partial charge on any atom is 0.238 e. The number of hydrogen-bond donors (Lipinski definition) is 1. The number of nitrogens with two attached hydrogens (primary N) is 1. The molecule has 2 aromatic heterocycles. The van der Waals surface area contributed by atoms with E-state index in [9.17, 15) is 13.7 Å². The van der Waals surface area contributed by atoms with Gasteiger partial charge in [0.15, 0.2) is 0 Å². The van der Waals surface area contributed by atoms with Gasteiger partial charge in [-0.15, -0.1) is 0 Å². The first kappa shape index (κ1) is 27.8. The molecule has 0 saturated carbocycles. The van der Waals surface area contributed by atoms with E-state index in [4.69, 9.17) is 20.0 Å². The zero-order chi connectivity index (χ0) is 30.0. The third-order valence-corrected chi connectivity index (χ3v) is 8.26. The second-order valence-corrected chi connectivity index (χ2v) is 11.5. The van der Waals surface area contributed by atoms with Gasteiger partial charge in [0.2, 0.25) is 15.9 Å². The van der Waals surface area contributed by atoms with Crippen molar-refractivity contribution >= 4 is 21.1 Å². The zero-order valence-electron chi connectivity index (χ0n) is 23.3. The normalized spacial score (nSPS) is 11.7. The maximum absolute atomic E-state index is 12.3. The summed E-state index contributed by atoms with van der Waals surface area (Å²) >= 11 is 0. The Morgan fingerprint density at radius 3 is 1.88 bits per heavy atom. The van der Waals surface area contributed by atoms with Crippen molar-refractivity contribution < 1.29 is 13.2 Å². The molecule has 8 nitrogen and oxygen atoms in total. The second kappa shape index (κ2) is 11.2. The zero-order valence-corrected chi connectivity index (χ0v) is 24.1. The molecule has 0 unspecified atom stereocenters. The Kier molecular flexibility index (Phi) is 7.24. The van der Waals surface area contributed by atoms with Crippen LogP contribution in [0.1, 0.15) is 29.2 Å². The van der Waals surface area contributed by atoms with Crippen molar-refractivity contribution in [2.45, 2.75) is 17.4 Å². The predicted octanol–water partition coefficient (Wildman–Crippen LogP) is 5.86. The molecule has 212 valence electrons. The van der Waals surface area contributed by atoms with Crippen LogP contribution in [0.2, 0.25) is 0 Å². The number of pyridine rings is 1. The molecule has 4 aromatic carbocycles. The molecule has 0 aliphatic rings. The largest absolute Gasteiger partial charge is 0.477 e. The minimum absolute atomic E-state index is 0.0492. The molecule has 0 fully saturated rings. The Bertz CT molecular complexity index is 1980. The average molecular weight is 586 g/mol. The summed E-state index contributed by atoms with van der Waals surface area (Å²) in [5, 5.41) is 20.8. The van der Waals surface area contributed by atoms with Crippen LogP contribution in [0.3, 0.4) is 0 Å². The summed E-state index contributed by atoms with van der Waals surface area (Å²) in [7, 11) is -3.99. The van der Waals surface area contributed by atoms with Crippen molar-refractivity contribution in [1.82, 2.24) is 14.8 Å². The van der Waals surface area contributed by atoms with Crippen LogP contribution < -0.4 is 9.88 Å². The third kappa shape index (κ3) is 4.83. The highest BCUT2D eigenvalue weighted by molar-refractivity contribution is 7.89. The van der Waals surface area contributed by atoms with Crippen LogP contribution in [0, 0.1) is 11.3 Å². The molecule has 0 amide bonds. The van der Waals surface area contributed by atoms with Gasteiger partial charge in [-0.05, 0) is 41.8 Å². The number of ether oxygens (including phenoxy) is 1. The van der Waals surface area contributed by atoms with E-state index >= 15 is 0 Å². The highest BCUT2D eigenvalue weighted by atomic mass is 32.2. The molecule has 0 aliphatic carbocycles. The van der Waals surface area contributed by atoms with Crippen molar-refractivity contribution in [2.75, 3.05) is 6.61 Å². The van der Waals surface area contributed by atoms with Gasteiger partial charge < -0.3 is 4.74 Å². The highest BCUT2D eigenvalue weighted by Gasteiger charge is 2.41. The number of fused-ring (bicyclic) bond motifs is 1. The minimum Gasteiger partial charge on any atom is -0.477 e. The summed E-state index contributed by atoms with van der Waals surface area (Å²) in [6.07, 6.45) is 0. The van der Waals surface area contributed by atoms with Crippen LogP contribution in [-0.4, -0.2) is 29.8 Å². The lowest BCUT2D eigenvalue weighted by atomic mass is 9.77. The monoisotopic (exact) mass is 585 g/mol. The molecule has 0 atom stereocenters. The Balaban J connectivity index is 1.82. The van der Waals surface area contributed by atoms with E-state index in [1.54, 1.807) is 18.2 Å². The first-order valence-corrected chi connectivity index (χ1v) is 15.2. The quantitative estimate of drug-likeness (QED) is 0.223. The van der Waals surface area contributed by atoms with Gasteiger partial charge >= 0.3 is 0 Å². The van der Waals surface area contributed by atoms with Crippen LogP contribution in [0.25, 0.3) is 22.3 Å². The Morgan fingerprint density at radius 1 is 0.837 bits per heavy atom. The molecule has 0 spiro atoms. The number of aromatic nitrogens is 3. The molecule has 6 rings (SSSR count). The standard InChI is InChI=1S/C34H27N5O3S/c1-2-42-33-25(23-35)22-30-32(37-33)31(24-13-12-20-29(21-24)43(36,40)41)38-39(30)34(26-14-6-3-7-15-26,27-16-8-4-9-17-27)28-18-10-5-11-19-28/h3-22H,2H2,1H3,(H2,36,40,41). The van der Waals surface area contributed by atoms with Crippen molar-refractivity contribution in [2.24, 2.45) is 5.14 Å². The van der Waals surface area contributed by atoms with Crippen LogP contribution in [0.15, 0.2) is 126 Å². The molecular formula is C34H27N5O3S.